The van der Waals surface area contributed by atoms with Gasteiger partial charge in [0.2, 0.25) is 5.60 Å². The third-order valence-corrected chi connectivity index (χ3v) is 8.87. The highest BCUT2D eigenvalue weighted by Gasteiger charge is 2.80. The summed E-state index contributed by atoms with van der Waals surface area (Å²) in [4.78, 5) is 30.7. The third kappa shape index (κ3) is 2.56. The Hall–Kier alpha value is -2.58. The molecular formula is C26H34N2O6. The third-order valence-electron chi connectivity index (χ3n) is 8.87. The lowest BCUT2D eigenvalue weighted by Gasteiger charge is -2.63. The molecule has 6 atom stereocenters. The number of benzene rings is 1. The predicted octanol–water partition coefficient (Wildman–Crippen LogP) is 2.03. The van der Waals surface area contributed by atoms with E-state index in [9.17, 15) is 14.7 Å². The SMILES string of the molecule is CCC(=O)O[C@@H]1[C@]2(CC)C=CCN3CC[C@@]4(c5ccc(OC)cc5N(C)[C@H]4[C@@]1(O)C(=O)OC)[C@@H]32. The van der Waals surface area contributed by atoms with E-state index in [1.165, 1.54) is 7.11 Å². The number of carbonyl (C=O) groups is 2. The molecule has 0 bridgehead atoms. The number of aliphatic hydroxyl groups is 1. The Labute approximate surface area is 200 Å². The van der Waals surface area contributed by atoms with E-state index < -0.39 is 40.5 Å². The zero-order valence-electron chi connectivity index (χ0n) is 20.5. The van der Waals surface area contributed by atoms with Crippen LogP contribution in [0.1, 0.15) is 38.7 Å². The number of ether oxygens (including phenoxy) is 3. The molecule has 5 rings (SSSR count). The molecule has 1 aromatic rings. The molecule has 184 valence electrons. The molecule has 3 heterocycles. The van der Waals surface area contributed by atoms with Crippen molar-refractivity contribution in [1.82, 2.24) is 4.90 Å². The van der Waals surface area contributed by atoms with Gasteiger partial charge in [-0.05, 0) is 31.0 Å². The molecule has 4 aliphatic rings. The molecule has 1 saturated heterocycles. The van der Waals surface area contributed by atoms with Crippen LogP contribution in [0.15, 0.2) is 30.4 Å². The Morgan fingerprint density at radius 2 is 1.97 bits per heavy atom. The molecular weight excluding hydrogens is 436 g/mol. The second-order valence-corrected chi connectivity index (χ2v) is 9.99. The maximum atomic E-state index is 13.6. The first kappa shape index (κ1) is 23.2. The monoisotopic (exact) mass is 470 g/mol. The van der Waals surface area contributed by atoms with E-state index in [0.717, 1.165) is 30.8 Å². The summed E-state index contributed by atoms with van der Waals surface area (Å²) in [5, 5.41) is 12.6. The van der Waals surface area contributed by atoms with Crippen molar-refractivity contribution >= 4 is 17.6 Å². The number of carbonyl (C=O) groups excluding carboxylic acids is 2. The summed E-state index contributed by atoms with van der Waals surface area (Å²) in [6.45, 7) is 5.35. The van der Waals surface area contributed by atoms with E-state index in [1.54, 1.807) is 14.0 Å². The van der Waals surface area contributed by atoms with E-state index in [-0.39, 0.29) is 12.5 Å². The van der Waals surface area contributed by atoms with Gasteiger partial charge in [-0.1, -0.05) is 32.1 Å². The molecule has 2 fully saturated rings. The van der Waals surface area contributed by atoms with Crippen LogP contribution in [0.3, 0.4) is 0 Å². The summed E-state index contributed by atoms with van der Waals surface area (Å²) >= 11 is 0. The zero-order valence-corrected chi connectivity index (χ0v) is 20.5. The summed E-state index contributed by atoms with van der Waals surface area (Å²) in [5.41, 5.74) is -1.40. The quantitative estimate of drug-likeness (QED) is 0.517. The van der Waals surface area contributed by atoms with Gasteiger partial charge in [-0.15, -0.1) is 0 Å². The molecule has 1 N–H and O–H groups in total. The maximum Gasteiger partial charge on any atom is 0.344 e. The summed E-state index contributed by atoms with van der Waals surface area (Å²) in [7, 11) is 4.79. The van der Waals surface area contributed by atoms with Crippen molar-refractivity contribution in [3.05, 3.63) is 35.9 Å². The first-order valence-electron chi connectivity index (χ1n) is 12.1. The lowest BCUT2D eigenvalue weighted by Crippen LogP contribution is -2.81. The molecule has 1 saturated carbocycles. The van der Waals surface area contributed by atoms with Gasteiger partial charge in [0.15, 0.2) is 6.10 Å². The highest BCUT2D eigenvalue weighted by molar-refractivity contribution is 5.87. The Morgan fingerprint density at radius 3 is 2.62 bits per heavy atom. The standard InChI is InChI=1S/C26H34N2O6/c1-6-19(29)34-22-24(7-2)11-8-13-28-14-12-25(20(24)28)17-10-9-16(32-4)15-18(17)27(3)21(25)26(22,31)23(30)33-5/h8-11,15,20-22,31H,6-7,12-14H2,1-5H3/t20-,21+,22+,24+,25+,26-/m0/s1. The van der Waals surface area contributed by atoms with E-state index in [0.29, 0.717) is 12.2 Å². The normalized spacial score (nSPS) is 37.6. The Balaban J connectivity index is 1.85. The molecule has 34 heavy (non-hydrogen) atoms. The molecule has 1 aliphatic carbocycles. The lowest BCUT2D eigenvalue weighted by atomic mass is 9.47. The van der Waals surface area contributed by atoms with Gasteiger partial charge in [0.25, 0.3) is 0 Å². The van der Waals surface area contributed by atoms with Crippen molar-refractivity contribution in [2.45, 2.75) is 62.3 Å². The Kier molecular flexibility index (Phi) is 5.26. The summed E-state index contributed by atoms with van der Waals surface area (Å²) in [6.07, 6.45) is 4.58. The van der Waals surface area contributed by atoms with Crippen LogP contribution in [0.4, 0.5) is 5.69 Å². The average molecular weight is 471 g/mol. The van der Waals surface area contributed by atoms with Gasteiger partial charge < -0.3 is 24.2 Å². The second kappa shape index (κ2) is 7.71. The first-order chi connectivity index (χ1) is 16.3. The summed E-state index contributed by atoms with van der Waals surface area (Å²) in [5.74, 6) is -0.520. The van der Waals surface area contributed by atoms with Crippen LogP contribution in [0.5, 0.6) is 5.75 Å². The Morgan fingerprint density at radius 1 is 1.21 bits per heavy atom. The first-order valence-corrected chi connectivity index (χ1v) is 12.1. The van der Waals surface area contributed by atoms with E-state index in [2.05, 4.69) is 23.1 Å². The van der Waals surface area contributed by atoms with Crippen LogP contribution >= 0.6 is 0 Å². The van der Waals surface area contributed by atoms with Crippen LogP contribution in [-0.4, -0.2) is 80.1 Å². The fourth-order valence-corrected chi connectivity index (χ4v) is 7.72. The number of esters is 2. The largest absolute Gasteiger partial charge is 0.497 e. The van der Waals surface area contributed by atoms with Crippen molar-refractivity contribution in [2.75, 3.05) is 39.3 Å². The minimum Gasteiger partial charge on any atom is -0.497 e. The molecule has 0 aromatic heterocycles. The highest BCUT2D eigenvalue weighted by Crippen LogP contribution is 2.67. The van der Waals surface area contributed by atoms with E-state index >= 15 is 0 Å². The van der Waals surface area contributed by atoms with Gasteiger partial charge in [0, 0.05) is 48.6 Å². The lowest BCUT2D eigenvalue weighted by molar-refractivity contribution is -0.229. The summed E-state index contributed by atoms with van der Waals surface area (Å²) in [6, 6.07) is 5.24. The topological polar surface area (TPSA) is 88.5 Å². The molecule has 0 radical (unpaired) electrons. The van der Waals surface area contributed by atoms with Crippen molar-refractivity contribution in [2.24, 2.45) is 5.41 Å². The van der Waals surface area contributed by atoms with Crippen molar-refractivity contribution < 1.29 is 28.9 Å². The van der Waals surface area contributed by atoms with Gasteiger partial charge in [0.05, 0.1) is 20.3 Å². The number of nitrogens with zero attached hydrogens (tertiary/aromatic N) is 2. The van der Waals surface area contributed by atoms with Gasteiger partial charge in [0.1, 0.15) is 5.75 Å². The van der Waals surface area contributed by atoms with Gasteiger partial charge in [-0.3, -0.25) is 9.69 Å². The zero-order chi connectivity index (χ0) is 24.5. The number of anilines is 1. The molecule has 8 nitrogen and oxygen atoms in total. The summed E-state index contributed by atoms with van der Waals surface area (Å²) < 4.78 is 16.8. The number of fused-ring (bicyclic) bond motifs is 1. The number of rotatable bonds is 5. The molecule has 1 aromatic carbocycles. The highest BCUT2D eigenvalue weighted by atomic mass is 16.6. The number of hydrogen-bond donors (Lipinski definition) is 1. The molecule has 8 heteroatoms. The minimum atomic E-state index is -2.08. The van der Waals surface area contributed by atoms with E-state index in [1.807, 2.05) is 31.0 Å². The molecule has 0 amide bonds. The van der Waals surface area contributed by atoms with Crippen molar-refractivity contribution in [1.29, 1.82) is 0 Å². The van der Waals surface area contributed by atoms with Crippen LogP contribution in [0.25, 0.3) is 0 Å². The van der Waals surface area contributed by atoms with Gasteiger partial charge in [-0.2, -0.15) is 0 Å². The van der Waals surface area contributed by atoms with Gasteiger partial charge >= 0.3 is 11.9 Å². The molecule has 3 aliphatic heterocycles. The maximum absolute atomic E-state index is 13.6. The predicted molar refractivity (Wildman–Crippen MR) is 126 cm³/mol. The van der Waals surface area contributed by atoms with Crippen LogP contribution < -0.4 is 9.64 Å². The fraction of sp³-hybridized carbons (Fsp3) is 0.615. The van der Waals surface area contributed by atoms with Crippen LogP contribution in [-0.2, 0) is 24.5 Å². The number of likely N-dealkylation sites (N-methyl/N-ethyl adjacent to an activating group) is 1. The van der Waals surface area contributed by atoms with Crippen molar-refractivity contribution in [3.8, 4) is 5.75 Å². The average Bonchev–Trinajstić information content (AvgIpc) is 3.37. The fourth-order valence-electron chi connectivity index (χ4n) is 7.72. The second-order valence-electron chi connectivity index (χ2n) is 9.99. The molecule has 1 spiro atoms. The number of hydrogen-bond acceptors (Lipinski definition) is 8. The van der Waals surface area contributed by atoms with Crippen LogP contribution in [0, 0.1) is 5.41 Å². The van der Waals surface area contributed by atoms with Crippen LogP contribution in [0.2, 0.25) is 0 Å². The number of methoxy groups -OCH3 is 2. The smallest absolute Gasteiger partial charge is 0.344 e. The Bertz CT molecular complexity index is 1060. The van der Waals surface area contributed by atoms with E-state index in [4.69, 9.17) is 14.2 Å². The molecule has 0 unspecified atom stereocenters. The van der Waals surface area contributed by atoms with Gasteiger partial charge in [-0.25, -0.2) is 4.79 Å². The van der Waals surface area contributed by atoms with Crippen molar-refractivity contribution in [3.63, 3.8) is 0 Å². The minimum absolute atomic E-state index is 0.0586.